The van der Waals surface area contributed by atoms with Gasteiger partial charge in [-0.2, -0.15) is 10.1 Å². The third-order valence-corrected chi connectivity index (χ3v) is 1.52. The van der Waals surface area contributed by atoms with Gasteiger partial charge in [-0.1, -0.05) is 0 Å². The van der Waals surface area contributed by atoms with Crippen molar-refractivity contribution >= 4 is 28.9 Å². The summed E-state index contributed by atoms with van der Waals surface area (Å²) in [4.78, 5) is 11.0. The summed E-state index contributed by atoms with van der Waals surface area (Å²) in [5.74, 6) is 4.86. The fraction of sp³-hybridized carbons (Fsp3) is 0.400. The number of rotatable bonds is 0. The van der Waals surface area contributed by atoms with Crippen molar-refractivity contribution in [2.45, 2.75) is 13.3 Å². The van der Waals surface area contributed by atoms with Crippen molar-refractivity contribution in [3.8, 4) is 0 Å². The highest BCUT2D eigenvalue weighted by molar-refractivity contribution is 7.80. The molecule has 0 fully saturated rings. The van der Waals surface area contributed by atoms with Crippen LogP contribution in [-0.4, -0.2) is 21.7 Å². The maximum Gasteiger partial charge on any atom is 0.255 e. The molecular weight excluding hydrogens is 164 g/mol. The molecule has 0 bridgehead atoms. The second kappa shape index (κ2) is 2.93. The van der Waals surface area contributed by atoms with Crippen molar-refractivity contribution in [1.82, 2.24) is 10.4 Å². The fourth-order valence-electron chi connectivity index (χ4n) is 0.775. The van der Waals surface area contributed by atoms with Crippen LogP contribution in [0.5, 0.6) is 0 Å². The minimum absolute atomic E-state index is 0.131. The van der Waals surface area contributed by atoms with Crippen LogP contribution >= 0.6 is 12.2 Å². The normalized spacial score (nSPS) is 16.7. The number of nitrogens with two attached hydrogens (primary N) is 1. The Bertz CT molecular complexity index is 237. The minimum atomic E-state index is -0.148. The molecule has 60 valence electrons. The number of hydrazine groups is 1. The summed E-state index contributed by atoms with van der Waals surface area (Å²) in [5.41, 5.74) is 2.93. The molecule has 0 saturated carbocycles. The lowest BCUT2D eigenvalue weighted by Gasteiger charge is -2.10. The molecule has 1 aliphatic rings. The van der Waals surface area contributed by atoms with Gasteiger partial charge in [0.2, 0.25) is 5.11 Å². The summed E-state index contributed by atoms with van der Waals surface area (Å²) >= 11 is 4.71. The molecule has 0 spiro atoms. The van der Waals surface area contributed by atoms with E-state index in [1.807, 2.05) is 0 Å². The topological polar surface area (TPSA) is 70.7 Å². The van der Waals surface area contributed by atoms with Gasteiger partial charge in [-0.3, -0.25) is 10.2 Å². The number of amides is 1. The van der Waals surface area contributed by atoms with Gasteiger partial charge in [0.25, 0.3) is 5.91 Å². The molecule has 1 amide bonds. The van der Waals surface area contributed by atoms with Gasteiger partial charge in [0, 0.05) is 5.71 Å². The zero-order valence-corrected chi connectivity index (χ0v) is 6.81. The third-order valence-electron chi connectivity index (χ3n) is 1.23. The highest BCUT2D eigenvalue weighted by Crippen LogP contribution is 2.06. The molecule has 0 radical (unpaired) electrons. The Morgan fingerprint density at radius 1 is 1.91 bits per heavy atom. The number of hydrogen-bond acceptors (Lipinski definition) is 4. The molecular formula is C5H8N4OS. The van der Waals surface area contributed by atoms with Crippen molar-refractivity contribution in [3.05, 3.63) is 0 Å². The van der Waals surface area contributed by atoms with Gasteiger partial charge in [-0.15, -0.1) is 0 Å². The van der Waals surface area contributed by atoms with Crippen LogP contribution in [0, 0.1) is 0 Å². The number of hydrogen-bond donors (Lipinski definition) is 2. The molecule has 6 heteroatoms. The molecule has 11 heavy (non-hydrogen) atoms. The number of nitrogens with one attached hydrogen (secondary N) is 1. The molecule has 1 rings (SSSR count). The molecule has 0 saturated heterocycles. The summed E-state index contributed by atoms with van der Waals surface area (Å²) in [6.07, 6.45) is 0.321. The standard InChI is InChI=1S/C5H8N4OS/c1-3-2-4(10)9(8-3)5(11)7-6/h2,6H2,1H3,(H,7,11). The largest absolute Gasteiger partial charge is 0.299 e. The lowest BCUT2D eigenvalue weighted by Crippen LogP contribution is -2.41. The zero-order valence-electron chi connectivity index (χ0n) is 6.00. The molecule has 0 unspecified atom stereocenters. The second-order valence-electron chi connectivity index (χ2n) is 2.17. The summed E-state index contributed by atoms with van der Waals surface area (Å²) < 4.78 is 0. The SMILES string of the molecule is CC1=NN(C(=S)NN)C(=O)C1. The average molecular weight is 172 g/mol. The van der Waals surface area contributed by atoms with Crippen molar-refractivity contribution in [2.24, 2.45) is 10.9 Å². The molecule has 3 N–H and O–H groups in total. The van der Waals surface area contributed by atoms with Crippen LogP contribution < -0.4 is 11.3 Å². The van der Waals surface area contributed by atoms with Gasteiger partial charge in [0.15, 0.2) is 0 Å². The molecule has 0 aliphatic carbocycles. The molecule has 1 aliphatic heterocycles. The molecule has 0 aromatic heterocycles. The van der Waals surface area contributed by atoms with E-state index in [4.69, 9.17) is 18.1 Å². The summed E-state index contributed by atoms with van der Waals surface area (Å²) in [7, 11) is 0. The summed E-state index contributed by atoms with van der Waals surface area (Å²) in [5, 5.41) is 5.08. The average Bonchev–Trinajstić information content (AvgIpc) is 2.28. The number of carbonyl (C=O) groups is 1. The van der Waals surface area contributed by atoms with E-state index in [0.29, 0.717) is 6.42 Å². The third kappa shape index (κ3) is 1.52. The van der Waals surface area contributed by atoms with Gasteiger partial charge in [0.1, 0.15) is 0 Å². The molecule has 1 heterocycles. The Morgan fingerprint density at radius 2 is 2.55 bits per heavy atom. The van der Waals surface area contributed by atoms with Crippen molar-refractivity contribution in [2.75, 3.05) is 0 Å². The van der Waals surface area contributed by atoms with E-state index >= 15 is 0 Å². The predicted octanol–water partition coefficient (Wildman–Crippen LogP) is -0.657. The Balaban J connectivity index is 2.73. The lowest BCUT2D eigenvalue weighted by molar-refractivity contribution is -0.125. The van der Waals surface area contributed by atoms with Gasteiger partial charge in [-0.05, 0) is 19.1 Å². The van der Waals surface area contributed by atoms with Gasteiger partial charge >= 0.3 is 0 Å². The highest BCUT2D eigenvalue weighted by atomic mass is 32.1. The maximum absolute atomic E-state index is 11.0. The first-order valence-electron chi connectivity index (χ1n) is 3.02. The Morgan fingerprint density at radius 3 is 2.91 bits per heavy atom. The summed E-state index contributed by atoms with van der Waals surface area (Å²) in [6.45, 7) is 1.76. The van der Waals surface area contributed by atoms with Gasteiger partial charge in [-0.25, -0.2) is 5.84 Å². The smallest absolute Gasteiger partial charge is 0.255 e. The number of hydrazone groups is 1. The number of carbonyl (C=O) groups excluding carboxylic acids is 1. The van der Waals surface area contributed by atoms with Crippen LogP contribution in [0.1, 0.15) is 13.3 Å². The predicted molar refractivity (Wildman–Crippen MR) is 44.5 cm³/mol. The highest BCUT2D eigenvalue weighted by Gasteiger charge is 2.23. The van der Waals surface area contributed by atoms with Crippen molar-refractivity contribution in [3.63, 3.8) is 0 Å². The van der Waals surface area contributed by atoms with Gasteiger partial charge < -0.3 is 0 Å². The van der Waals surface area contributed by atoms with Crippen LogP contribution in [0.4, 0.5) is 0 Å². The van der Waals surface area contributed by atoms with Crippen molar-refractivity contribution < 1.29 is 4.79 Å². The zero-order chi connectivity index (χ0) is 8.43. The first-order chi connectivity index (χ1) is 5.15. The number of nitrogens with zero attached hydrogens (tertiary/aromatic N) is 2. The quantitative estimate of drug-likeness (QED) is 0.289. The van der Waals surface area contributed by atoms with Gasteiger partial charge in [0.05, 0.1) is 6.42 Å². The number of thiocarbonyl (C=S) groups is 1. The van der Waals surface area contributed by atoms with E-state index in [2.05, 4.69) is 10.5 Å². The second-order valence-corrected chi connectivity index (χ2v) is 2.55. The van der Waals surface area contributed by atoms with Crippen LogP contribution in [0.3, 0.4) is 0 Å². The van der Waals surface area contributed by atoms with Crippen molar-refractivity contribution in [1.29, 1.82) is 0 Å². The molecule has 0 atom stereocenters. The maximum atomic E-state index is 11.0. The van der Waals surface area contributed by atoms with E-state index in [0.717, 1.165) is 10.7 Å². The van der Waals surface area contributed by atoms with E-state index in [1.54, 1.807) is 6.92 Å². The Labute approximate surface area is 69.2 Å². The molecule has 5 nitrogen and oxygen atoms in total. The van der Waals surface area contributed by atoms with E-state index in [1.165, 1.54) is 0 Å². The monoisotopic (exact) mass is 172 g/mol. The lowest BCUT2D eigenvalue weighted by atomic mass is 10.3. The first kappa shape index (κ1) is 8.09. The molecule has 0 aromatic rings. The molecule has 0 aromatic carbocycles. The van der Waals surface area contributed by atoms with E-state index < -0.39 is 0 Å². The fourth-order valence-corrected chi connectivity index (χ4v) is 0.918. The van der Waals surface area contributed by atoms with Crippen LogP contribution in [0.2, 0.25) is 0 Å². The first-order valence-corrected chi connectivity index (χ1v) is 3.43. The van der Waals surface area contributed by atoms with Crippen LogP contribution in [0.15, 0.2) is 5.10 Å². The summed E-state index contributed by atoms with van der Waals surface area (Å²) in [6, 6.07) is 0. The Kier molecular flexibility index (Phi) is 2.16. The Hall–Kier alpha value is -1.01. The van der Waals surface area contributed by atoms with Crippen LogP contribution in [0.25, 0.3) is 0 Å². The van der Waals surface area contributed by atoms with Crippen LogP contribution in [-0.2, 0) is 4.79 Å². The minimum Gasteiger partial charge on any atom is -0.299 e. The van der Waals surface area contributed by atoms with E-state index in [9.17, 15) is 4.79 Å². The van der Waals surface area contributed by atoms with E-state index in [-0.39, 0.29) is 11.0 Å².